The van der Waals surface area contributed by atoms with Gasteiger partial charge in [0, 0.05) is 41.4 Å². The number of anilines is 1. The normalized spacial score (nSPS) is 12.2. The molecule has 0 aromatic heterocycles. The number of halogens is 2. The van der Waals surface area contributed by atoms with Crippen LogP contribution in [0.4, 0.5) is 10.5 Å². The zero-order chi connectivity index (χ0) is 23.6. The number of nitrogens with one attached hydrogen (secondary N) is 4. The second kappa shape index (κ2) is 12.6. The van der Waals surface area contributed by atoms with E-state index in [9.17, 15) is 14.4 Å². The zero-order valence-corrected chi connectivity index (χ0v) is 20.3. The quantitative estimate of drug-likeness (QED) is 0.212. The molecule has 0 fully saturated rings. The molecular formula is C21H28Cl2N4O3S. The van der Waals surface area contributed by atoms with Gasteiger partial charge in [0.25, 0.3) is 5.91 Å². The Bertz CT molecular complexity index is 860. The average molecular weight is 487 g/mol. The molecule has 4 amide bonds. The van der Waals surface area contributed by atoms with Crippen LogP contribution < -0.4 is 21.3 Å². The molecule has 1 rings (SSSR count). The van der Waals surface area contributed by atoms with E-state index in [1.165, 1.54) is 18.3 Å². The predicted molar refractivity (Wildman–Crippen MR) is 130 cm³/mol. The van der Waals surface area contributed by atoms with Crippen LogP contribution in [0.2, 0.25) is 10.0 Å². The van der Waals surface area contributed by atoms with E-state index in [0.29, 0.717) is 27.2 Å². The second-order valence-corrected chi connectivity index (χ2v) is 8.95. The van der Waals surface area contributed by atoms with Gasteiger partial charge in [-0.3, -0.25) is 9.59 Å². The maximum Gasteiger partial charge on any atom is 0.323 e. The largest absolute Gasteiger partial charge is 0.356 e. The van der Waals surface area contributed by atoms with Crippen LogP contribution in [0.25, 0.3) is 0 Å². The van der Waals surface area contributed by atoms with Crippen molar-refractivity contribution in [2.45, 2.75) is 34.1 Å². The molecule has 0 spiro atoms. The van der Waals surface area contributed by atoms with Gasteiger partial charge in [-0.15, -0.1) is 12.6 Å². The van der Waals surface area contributed by atoms with E-state index in [0.717, 1.165) is 0 Å². The molecule has 0 saturated heterocycles. The summed E-state index contributed by atoms with van der Waals surface area (Å²) < 4.78 is 0. The van der Waals surface area contributed by atoms with Crippen LogP contribution >= 0.6 is 35.8 Å². The number of amides is 4. The first-order chi connectivity index (χ1) is 14.4. The molecule has 1 aromatic rings. The Hall–Kier alpha value is -2.16. The fraction of sp³-hybridized carbons (Fsp3) is 0.381. The lowest BCUT2D eigenvalue weighted by Gasteiger charge is -2.19. The van der Waals surface area contributed by atoms with E-state index < -0.39 is 11.9 Å². The van der Waals surface area contributed by atoms with Gasteiger partial charge in [0.15, 0.2) is 0 Å². The standard InChI is InChI=1S/C21H28Cl2N4O3S/c1-5-24-18(28)6-7-25-19(29)13(8-17(31)21(2,3)4)12-26-20(30)27-16-10-14(22)9-15(23)11-16/h8-12,31H,5-7H2,1-4H3,(H,24,28)(H,25,29)(H2,26,27,30)/b13-12-,17-8-. The summed E-state index contributed by atoms with van der Waals surface area (Å²) in [6, 6.07) is 4.03. The minimum atomic E-state index is -0.587. The highest BCUT2D eigenvalue weighted by atomic mass is 35.5. The van der Waals surface area contributed by atoms with Gasteiger partial charge in [0.2, 0.25) is 5.91 Å². The molecular weight excluding hydrogens is 459 g/mol. The summed E-state index contributed by atoms with van der Waals surface area (Å²) >= 11 is 16.3. The second-order valence-electron chi connectivity index (χ2n) is 7.60. The van der Waals surface area contributed by atoms with Gasteiger partial charge >= 0.3 is 6.03 Å². The number of carbonyl (C=O) groups excluding carboxylic acids is 3. The van der Waals surface area contributed by atoms with Crippen molar-refractivity contribution < 1.29 is 14.4 Å². The van der Waals surface area contributed by atoms with E-state index >= 15 is 0 Å². The third-order valence-electron chi connectivity index (χ3n) is 3.81. The van der Waals surface area contributed by atoms with E-state index in [4.69, 9.17) is 23.2 Å². The van der Waals surface area contributed by atoms with Gasteiger partial charge in [0.1, 0.15) is 0 Å². The van der Waals surface area contributed by atoms with Crippen molar-refractivity contribution in [2.75, 3.05) is 18.4 Å². The molecule has 0 atom stereocenters. The number of thiol groups is 1. The molecule has 170 valence electrons. The topological polar surface area (TPSA) is 99.3 Å². The highest BCUT2D eigenvalue weighted by Crippen LogP contribution is 2.29. The van der Waals surface area contributed by atoms with Crippen molar-refractivity contribution in [3.8, 4) is 0 Å². The Balaban J connectivity index is 2.91. The average Bonchev–Trinajstić information content (AvgIpc) is 2.63. The zero-order valence-electron chi connectivity index (χ0n) is 17.9. The molecule has 7 nitrogen and oxygen atoms in total. The summed E-state index contributed by atoms with van der Waals surface area (Å²) in [5.74, 6) is -0.614. The number of hydrogen-bond acceptors (Lipinski definition) is 4. The molecule has 31 heavy (non-hydrogen) atoms. The number of allylic oxidation sites excluding steroid dienone is 1. The molecule has 4 N–H and O–H groups in total. The molecule has 0 radical (unpaired) electrons. The van der Waals surface area contributed by atoms with Crippen LogP contribution in [-0.4, -0.2) is 30.9 Å². The molecule has 0 aliphatic heterocycles. The minimum absolute atomic E-state index is 0.146. The lowest BCUT2D eigenvalue weighted by Crippen LogP contribution is -2.32. The Morgan fingerprint density at radius 1 is 1.06 bits per heavy atom. The lowest BCUT2D eigenvalue weighted by molar-refractivity contribution is -0.121. The van der Waals surface area contributed by atoms with Crippen molar-refractivity contribution >= 4 is 59.4 Å². The fourth-order valence-corrected chi connectivity index (χ4v) is 2.82. The summed E-state index contributed by atoms with van der Waals surface area (Å²) in [4.78, 5) is 37.0. The predicted octanol–water partition coefficient (Wildman–Crippen LogP) is 4.50. The maximum absolute atomic E-state index is 12.6. The number of benzene rings is 1. The highest BCUT2D eigenvalue weighted by Gasteiger charge is 2.17. The van der Waals surface area contributed by atoms with E-state index in [1.54, 1.807) is 12.1 Å². The number of urea groups is 1. The minimum Gasteiger partial charge on any atom is -0.356 e. The summed E-state index contributed by atoms with van der Waals surface area (Å²) in [5, 5.41) is 11.2. The third-order valence-corrected chi connectivity index (χ3v) is 5.05. The van der Waals surface area contributed by atoms with Crippen LogP contribution in [0.5, 0.6) is 0 Å². The Kier molecular flexibility index (Phi) is 11.0. The van der Waals surface area contributed by atoms with Crippen molar-refractivity contribution in [1.82, 2.24) is 16.0 Å². The fourth-order valence-electron chi connectivity index (χ4n) is 2.15. The van der Waals surface area contributed by atoms with Gasteiger partial charge in [0.05, 0.1) is 5.57 Å². The monoisotopic (exact) mass is 486 g/mol. The smallest absolute Gasteiger partial charge is 0.323 e. The van der Waals surface area contributed by atoms with Crippen LogP contribution in [0, 0.1) is 5.41 Å². The highest BCUT2D eigenvalue weighted by molar-refractivity contribution is 7.84. The molecule has 10 heteroatoms. The van der Waals surface area contributed by atoms with E-state index in [1.807, 2.05) is 27.7 Å². The SMILES string of the molecule is CCNC(=O)CCNC(=O)C(=C\NC(=O)Nc1cc(Cl)cc(Cl)c1)/C=C(\S)C(C)(C)C. The van der Waals surface area contributed by atoms with Crippen molar-refractivity contribution in [1.29, 1.82) is 0 Å². The number of carbonyl (C=O) groups is 3. The van der Waals surface area contributed by atoms with Gasteiger partial charge < -0.3 is 21.3 Å². The van der Waals surface area contributed by atoms with Crippen molar-refractivity contribution in [2.24, 2.45) is 5.41 Å². The lowest BCUT2D eigenvalue weighted by atomic mass is 9.94. The van der Waals surface area contributed by atoms with E-state index in [2.05, 4.69) is 33.9 Å². The van der Waals surface area contributed by atoms with Gasteiger partial charge in [-0.25, -0.2) is 4.79 Å². The van der Waals surface area contributed by atoms with Gasteiger partial charge in [-0.05, 0) is 41.5 Å². The van der Waals surface area contributed by atoms with Crippen molar-refractivity contribution in [3.05, 3.63) is 51.0 Å². The molecule has 0 saturated carbocycles. The molecule has 0 unspecified atom stereocenters. The molecule has 1 aromatic carbocycles. The first kappa shape index (κ1) is 26.9. The first-order valence-corrected chi connectivity index (χ1v) is 10.8. The summed E-state index contributed by atoms with van der Waals surface area (Å²) in [6.45, 7) is 8.32. The maximum atomic E-state index is 12.6. The molecule has 0 aliphatic carbocycles. The first-order valence-electron chi connectivity index (χ1n) is 9.62. The van der Waals surface area contributed by atoms with E-state index in [-0.39, 0.29) is 29.9 Å². The molecule has 0 bridgehead atoms. The third kappa shape index (κ3) is 10.6. The van der Waals surface area contributed by atoms with Crippen LogP contribution in [0.15, 0.2) is 41.0 Å². The van der Waals surface area contributed by atoms with Crippen LogP contribution in [0.3, 0.4) is 0 Å². The Labute approximate surface area is 198 Å². The Morgan fingerprint density at radius 2 is 1.68 bits per heavy atom. The summed E-state index contributed by atoms with van der Waals surface area (Å²) in [7, 11) is 0. The van der Waals surface area contributed by atoms with Gasteiger partial charge in [-0.2, -0.15) is 0 Å². The summed E-state index contributed by atoms with van der Waals surface area (Å²) in [6.07, 6.45) is 2.99. The van der Waals surface area contributed by atoms with Crippen molar-refractivity contribution in [3.63, 3.8) is 0 Å². The van der Waals surface area contributed by atoms with Gasteiger partial charge in [-0.1, -0.05) is 44.0 Å². The number of rotatable bonds is 8. The van der Waals surface area contributed by atoms with Crippen LogP contribution in [0.1, 0.15) is 34.1 Å². The van der Waals surface area contributed by atoms with Crippen LogP contribution in [-0.2, 0) is 9.59 Å². The summed E-state index contributed by atoms with van der Waals surface area (Å²) in [5.41, 5.74) is 0.273. The number of hydrogen-bond donors (Lipinski definition) is 5. The molecule has 0 heterocycles. The Morgan fingerprint density at radius 3 is 2.23 bits per heavy atom. The molecule has 0 aliphatic rings.